The predicted octanol–water partition coefficient (Wildman–Crippen LogP) is 3.84. The molecule has 0 saturated carbocycles. The first kappa shape index (κ1) is 21.6. The van der Waals surface area contributed by atoms with E-state index in [1.807, 2.05) is 12.1 Å². The number of aromatic nitrogens is 2. The summed E-state index contributed by atoms with van der Waals surface area (Å²) in [5, 5.41) is 4.03. The summed E-state index contributed by atoms with van der Waals surface area (Å²) in [5.74, 6) is 1.65. The topological polar surface area (TPSA) is 54.6 Å². The molecule has 1 atom stereocenters. The number of halogens is 3. The number of aryl methyl sites for hydroxylation is 1. The molecule has 1 aliphatic rings. The highest BCUT2D eigenvalue weighted by atomic mass is 19.4. The van der Waals surface area contributed by atoms with Gasteiger partial charge in [-0.1, -0.05) is 24.2 Å². The largest absolute Gasteiger partial charge is 0.484 e. The lowest BCUT2D eigenvalue weighted by molar-refractivity contribution is -0.153. The van der Waals surface area contributed by atoms with Crippen LogP contribution in [0, 0.1) is 0 Å². The van der Waals surface area contributed by atoms with Gasteiger partial charge in [0.25, 0.3) is 0 Å². The van der Waals surface area contributed by atoms with E-state index in [0.29, 0.717) is 5.89 Å². The number of nitrogens with zero attached hydrogens (tertiary/aromatic N) is 4. The molecule has 1 saturated heterocycles. The van der Waals surface area contributed by atoms with Crippen molar-refractivity contribution in [2.45, 2.75) is 45.5 Å². The smallest absolute Gasteiger partial charge is 0.422 e. The summed E-state index contributed by atoms with van der Waals surface area (Å²) in [6.07, 6.45) is -2.51. The maximum absolute atomic E-state index is 12.2. The van der Waals surface area contributed by atoms with Crippen LogP contribution in [-0.2, 0) is 13.0 Å². The van der Waals surface area contributed by atoms with E-state index in [1.165, 1.54) is 0 Å². The Morgan fingerprint density at radius 1 is 1.14 bits per heavy atom. The predicted molar refractivity (Wildman–Crippen MR) is 102 cm³/mol. The summed E-state index contributed by atoms with van der Waals surface area (Å²) in [5.41, 5.74) is 1.05. The van der Waals surface area contributed by atoms with Gasteiger partial charge in [0.1, 0.15) is 5.75 Å². The Morgan fingerprint density at radius 3 is 2.45 bits per heavy atom. The van der Waals surface area contributed by atoms with Crippen LogP contribution in [0.5, 0.6) is 5.75 Å². The van der Waals surface area contributed by atoms with Gasteiger partial charge in [-0.15, -0.1) is 0 Å². The number of hydrogen-bond donors (Lipinski definition) is 0. The zero-order valence-electron chi connectivity index (χ0n) is 16.8. The molecule has 6 nitrogen and oxygen atoms in total. The molecule has 0 spiro atoms. The molecule has 29 heavy (non-hydrogen) atoms. The molecule has 1 aromatic carbocycles. The summed E-state index contributed by atoms with van der Waals surface area (Å²) < 4.78 is 46.8. The Morgan fingerprint density at radius 2 is 1.83 bits per heavy atom. The second-order valence-corrected chi connectivity index (χ2v) is 7.33. The van der Waals surface area contributed by atoms with Crippen LogP contribution in [-0.4, -0.2) is 58.9 Å². The van der Waals surface area contributed by atoms with Crippen molar-refractivity contribution in [2.24, 2.45) is 0 Å². The monoisotopic (exact) mass is 412 g/mol. The van der Waals surface area contributed by atoms with Crippen molar-refractivity contribution >= 4 is 0 Å². The molecule has 0 bridgehead atoms. The summed E-state index contributed by atoms with van der Waals surface area (Å²) in [7, 11) is 0. The lowest BCUT2D eigenvalue weighted by Crippen LogP contribution is -2.46. The molecule has 2 aromatic rings. The average molecular weight is 412 g/mol. The van der Waals surface area contributed by atoms with Crippen LogP contribution in [0.2, 0.25) is 0 Å². The van der Waals surface area contributed by atoms with Gasteiger partial charge in [-0.3, -0.25) is 9.80 Å². The minimum atomic E-state index is -4.33. The molecule has 9 heteroatoms. The molecule has 0 aliphatic carbocycles. The van der Waals surface area contributed by atoms with Crippen LogP contribution in [0.3, 0.4) is 0 Å². The summed E-state index contributed by atoms with van der Waals surface area (Å²) in [6, 6.07) is 6.88. The van der Waals surface area contributed by atoms with E-state index >= 15 is 0 Å². The number of rotatable bonds is 8. The average Bonchev–Trinajstić information content (AvgIpc) is 3.16. The van der Waals surface area contributed by atoms with Gasteiger partial charge in [-0.2, -0.15) is 18.2 Å². The Balaban J connectivity index is 1.45. The molecule has 160 valence electrons. The Labute approximate surface area is 168 Å². The molecule has 0 unspecified atom stereocenters. The molecule has 0 radical (unpaired) electrons. The number of alkyl halides is 3. The Hall–Kier alpha value is -2.13. The van der Waals surface area contributed by atoms with E-state index in [-0.39, 0.29) is 11.8 Å². The van der Waals surface area contributed by atoms with Crippen molar-refractivity contribution in [3.05, 3.63) is 41.5 Å². The first-order valence-electron chi connectivity index (χ1n) is 9.91. The second kappa shape index (κ2) is 9.58. The van der Waals surface area contributed by atoms with Crippen molar-refractivity contribution < 1.29 is 22.4 Å². The van der Waals surface area contributed by atoms with Gasteiger partial charge in [0.15, 0.2) is 12.4 Å². The summed E-state index contributed by atoms with van der Waals surface area (Å²) in [6.45, 7) is 7.22. The first-order chi connectivity index (χ1) is 13.8. The lowest BCUT2D eigenvalue weighted by Gasteiger charge is -2.36. The maximum atomic E-state index is 12.2. The quantitative estimate of drug-likeness (QED) is 0.657. The van der Waals surface area contributed by atoms with Gasteiger partial charge in [0.05, 0.1) is 6.04 Å². The number of hydrogen-bond acceptors (Lipinski definition) is 6. The van der Waals surface area contributed by atoms with E-state index < -0.39 is 12.8 Å². The fourth-order valence-corrected chi connectivity index (χ4v) is 3.34. The van der Waals surface area contributed by atoms with Crippen molar-refractivity contribution in [3.63, 3.8) is 0 Å². The fraction of sp³-hybridized carbons (Fsp3) is 0.600. The van der Waals surface area contributed by atoms with Crippen LogP contribution >= 0.6 is 0 Å². The molecule has 1 aliphatic heterocycles. The molecular formula is C20H27F3N4O2. The fourth-order valence-electron chi connectivity index (χ4n) is 3.34. The van der Waals surface area contributed by atoms with Gasteiger partial charge in [0.2, 0.25) is 5.89 Å². The molecule has 0 amide bonds. The number of benzene rings is 1. The van der Waals surface area contributed by atoms with E-state index in [2.05, 4.69) is 33.8 Å². The minimum absolute atomic E-state index is 0.0836. The zero-order chi connectivity index (χ0) is 20.9. The molecule has 1 fully saturated rings. The van der Waals surface area contributed by atoms with Gasteiger partial charge in [-0.05, 0) is 31.0 Å². The highest BCUT2D eigenvalue weighted by Gasteiger charge is 2.28. The minimum Gasteiger partial charge on any atom is -0.484 e. The van der Waals surface area contributed by atoms with Crippen LogP contribution in [0.4, 0.5) is 13.2 Å². The zero-order valence-corrected chi connectivity index (χ0v) is 16.8. The first-order valence-corrected chi connectivity index (χ1v) is 9.91. The van der Waals surface area contributed by atoms with E-state index in [1.54, 1.807) is 12.1 Å². The van der Waals surface area contributed by atoms with Gasteiger partial charge >= 0.3 is 6.18 Å². The van der Waals surface area contributed by atoms with Crippen LogP contribution in [0.1, 0.15) is 43.6 Å². The van der Waals surface area contributed by atoms with Crippen LogP contribution in [0.15, 0.2) is 28.8 Å². The van der Waals surface area contributed by atoms with Crippen molar-refractivity contribution in [3.8, 4) is 5.75 Å². The molecule has 1 aromatic heterocycles. The lowest BCUT2D eigenvalue weighted by atomic mass is 10.1. The molecule has 2 heterocycles. The molecular weight excluding hydrogens is 385 g/mol. The highest BCUT2D eigenvalue weighted by molar-refractivity contribution is 5.27. The van der Waals surface area contributed by atoms with Crippen LogP contribution < -0.4 is 4.74 Å². The third kappa shape index (κ3) is 6.43. The third-order valence-electron chi connectivity index (χ3n) is 5.00. The Bertz CT molecular complexity index is 756. The normalized spacial score (nSPS) is 17.4. The van der Waals surface area contributed by atoms with Crippen molar-refractivity contribution in [1.29, 1.82) is 0 Å². The molecule has 0 N–H and O–H groups in total. The van der Waals surface area contributed by atoms with Crippen molar-refractivity contribution in [1.82, 2.24) is 19.9 Å². The van der Waals surface area contributed by atoms with Crippen LogP contribution in [0.25, 0.3) is 0 Å². The summed E-state index contributed by atoms with van der Waals surface area (Å²) in [4.78, 5) is 9.14. The van der Waals surface area contributed by atoms with Gasteiger partial charge in [0, 0.05) is 39.1 Å². The van der Waals surface area contributed by atoms with E-state index in [9.17, 15) is 13.2 Å². The number of piperazine rings is 1. The van der Waals surface area contributed by atoms with Crippen molar-refractivity contribution in [2.75, 3.05) is 32.8 Å². The second-order valence-electron chi connectivity index (χ2n) is 7.33. The third-order valence-corrected chi connectivity index (χ3v) is 5.00. The maximum Gasteiger partial charge on any atom is 0.422 e. The SMILES string of the molecule is CCCc1noc([C@H](C)N2CCN(Cc3ccc(OCC(F)(F)F)cc3)CC2)n1. The molecule has 3 rings (SSSR count). The number of ether oxygens (including phenoxy) is 1. The highest BCUT2D eigenvalue weighted by Crippen LogP contribution is 2.22. The summed E-state index contributed by atoms with van der Waals surface area (Å²) >= 11 is 0. The van der Waals surface area contributed by atoms with E-state index in [4.69, 9.17) is 9.26 Å². The standard InChI is InChI=1S/C20H27F3N4O2/c1-3-4-18-24-19(29-25-18)15(2)27-11-9-26(10-12-27)13-16-5-7-17(8-6-16)28-14-20(21,22)23/h5-8,15H,3-4,9-14H2,1-2H3/t15-/m0/s1. The Kier molecular flexibility index (Phi) is 7.13. The van der Waals surface area contributed by atoms with E-state index in [0.717, 1.165) is 57.0 Å². The van der Waals surface area contributed by atoms with Gasteiger partial charge < -0.3 is 9.26 Å². The van der Waals surface area contributed by atoms with Gasteiger partial charge in [-0.25, -0.2) is 0 Å².